The molecular formula is C20H20F3N5O3S. The first kappa shape index (κ1) is 23.4. The van der Waals surface area contributed by atoms with E-state index in [2.05, 4.69) is 26.8 Å². The van der Waals surface area contributed by atoms with Crippen LogP contribution in [0, 0.1) is 0 Å². The molecular weight excluding hydrogens is 447 g/mol. The summed E-state index contributed by atoms with van der Waals surface area (Å²) in [5.41, 5.74) is 1.99. The fourth-order valence-electron chi connectivity index (χ4n) is 2.97. The number of aromatic nitrogens is 3. The summed E-state index contributed by atoms with van der Waals surface area (Å²) < 4.78 is 33.4. The van der Waals surface area contributed by atoms with Crippen LogP contribution < -0.4 is 10.6 Å². The lowest BCUT2D eigenvalue weighted by atomic mass is 10.2. The average molecular weight is 467 g/mol. The summed E-state index contributed by atoms with van der Waals surface area (Å²) >= 11 is 1.58. The number of amides is 1. The Morgan fingerprint density at radius 1 is 1.22 bits per heavy atom. The van der Waals surface area contributed by atoms with Crippen LogP contribution in [-0.2, 0) is 11.3 Å². The summed E-state index contributed by atoms with van der Waals surface area (Å²) in [6.45, 7) is 1.57. The normalized spacial score (nSPS) is 15.7. The van der Waals surface area contributed by atoms with E-state index < -0.39 is 12.1 Å². The number of hydrogen-bond acceptors (Lipinski definition) is 6. The van der Waals surface area contributed by atoms with Gasteiger partial charge in [-0.25, -0.2) is 14.5 Å². The van der Waals surface area contributed by atoms with Gasteiger partial charge in [0.25, 0.3) is 5.91 Å². The van der Waals surface area contributed by atoms with E-state index >= 15 is 0 Å². The van der Waals surface area contributed by atoms with Crippen molar-refractivity contribution in [3.63, 3.8) is 0 Å². The Labute approximate surface area is 185 Å². The minimum Gasteiger partial charge on any atom is -0.475 e. The minimum absolute atomic E-state index is 0.0189. The minimum atomic E-state index is -5.08. The van der Waals surface area contributed by atoms with Crippen LogP contribution in [0.15, 0.2) is 49.1 Å². The predicted octanol–water partition coefficient (Wildman–Crippen LogP) is 3.32. The molecule has 1 saturated heterocycles. The summed E-state index contributed by atoms with van der Waals surface area (Å²) in [6, 6.07) is 12.3. The van der Waals surface area contributed by atoms with Gasteiger partial charge in [0.15, 0.2) is 0 Å². The molecule has 4 rings (SSSR count). The van der Waals surface area contributed by atoms with Crippen molar-refractivity contribution in [2.45, 2.75) is 31.6 Å². The van der Waals surface area contributed by atoms with Crippen LogP contribution in [0.25, 0.3) is 5.69 Å². The Morgan fingerprint density at radius 3 is 2.50 bits per heavy atom. The van der Waals surface area contributed by atoms with E-state index in [1.807, 2.05) is 30.3 Å². The molecule has 1 aromatic carbocycles. The van der Waals surface area contributed by atoms with E-state index in [0.717, 1.165) is 29.1 Å². The Balaban J connectivity index is 0.000000360. The number of carbonyl (C=O) groups excluding carboxylic acids is 1. The molecule has 3 N–H and O–H groups in total. The molecule has 0 spiro atoms. The maximum absolute atomic E-state index is 12.4. The first-order chi connectivity index (χ1) is 15.2. The van der Waals surface area contributed by atoms with Crippen molar-refractivity contribution in [2.24, 2.45) is 0 Å². The highest BCUT2D eigenvalue weighted by Gasteiger charge is 2.38. The van der Waals surface area contributed by atoms with E-state index in [1.54, 1.807) is 22.3 Å². The van der Waals surface area contributed by atoms with Gasteiger partial charge in [-0.3, -0.25) is 4.79 Å². The van der Waals surface area contributed by atoms with Crippen LogP contribution in [0.5, 0.6) is 0 Å². The quantitative estimate of drug-likeness (QED) is 0.531. The monoisotopic (exact) mass is 467 g/mol. The maximum atomic E-state index is 12.4. The average Bonchev–Trinajstić information content (AvgIpc) is 3.54. The molecule has 32 heavy (non-hydrogen) atoms. The second-order valence-corrected chi connectivity index (χ2v) is 7.96. The lowest BCUT2D eigenvalue weighted by Gasteiger charge is -2.07. The Morgan fingerprint density at radius 2 is 1.94 bits per heavy atom. The lowest BCUT2D eigenvalue weighted by molar-refractivity contribution is -0.192. The van der Waals surface area contributed by atoms with Crippen LogP contribution in [0.1, 0.15) is 39.0 Å². The maximum Gasteiger partial charge on any atom is 0.490 e. The zero-order chi connectivity index (χ0) is 23.1. The van der Waals surface area contributed by atoms with Crippen molar-refractivity contribution in [2.75, 3.05) is 6.54 Å². The second kappa shape index (κ2) is 10.4. The van der Waals surface area contributed by atoms with Gasteiger partial charge in [-0.1, -0.05) is 12.1 Å². The summed E-state index contributed by atoms with van der Waals surface area (Å²) in [5, 5.41) is 17.7. The number of halogens is 3. The van der Waals surface area contributed by atoms with Crippen LogP contribution in [-0.4, -0.2) is 44.5 Å². The third-order valence-corrected chi connectivity index (χ3v) is 5.77. The van der Waals surface area contributed by atoms with E-state index in [0.29, 0.717) is 12.6 Å². The molecule has 0 saturated carbocycles. The van der Waals surface area contributed by atoms with Gasteiger partial charge < -0.3 is 15.7 Å². The van der Waals surface area contributed by atoms with Crippen molar-refractivity contribution in [1.82, 2.24) is 25.4 Å². The van der Waals surface area contributed by atoms with Gasteiger partial charge in [-0.15, -0.1) is 11.3 Å². The molecule has 1 unspecified atom stereocenters. The number of nitrogens with one attached hydrogen (secondary N) is 2. The molecule has 170 valence electrons. The van der Waals surface area contributed by atoms with Crippen molar-refractivity contribution in [3.8, 4) is 5.69 Å². The van der Waals surface area contributed by atoms with Gasteiger partial charge in [-0.2, -0.15) is 18.3 Å². The molecule has 12 heteroatoms. The summed E-state index contributed by atoms with van der Waals surface area (Å²) in [5.74, 6) is -2.78. The van der Waals surface area contributed by atoms with Crippen LogP contribution >= 0.6 is 11.3 Å². The molecule has 0 aliphatic carbocycles. The third-order valence-electron chi connectivity index (χ3n) is 4.57. The van der Waals surface area contributed by atoms with Gasteiger partial charge in [0.1, 0.15) is 12.7 Å². The molecule has 0 bridgehead atoms. The first-order valence-corrected chi connectivity index (χ1v) is 10.4. The number of benzene rings is 1. The Bertz CT molecular complexity index is 1030. The number of carbonyl (C=O) groups is 2. The highest BCUT2D eigenvalue weighted by molar-refractivity contribution is 7.14. The fourth-order valence-corrected chi connectivity index (χ4v) is 4.00. The van der Waals surface area contributed by atoms with Gasteiger partial charge >= 0.3 is 12.1 Å². The van der Waals surface area contributed by atoms with Crippen molar-refractivity contribution in [3.05, 3.63) is 64.4 Å². The second-order valence-electron chi connectivity index (χ2n) is 6.84. The molecule has 1 atom stereocenters. The smallest absolute Gasteiger partial charge is 0.475 e. The summed E-state index contributed by atoms with van der Waals surface area (Å²) in [6.07, 6.45) is 0.434. The standard InChI is InChI=1S/C18H19N5OS.C2HF3O2/c24-18(17-8-7-16(25-17)15-2-1-9-20-15)21-10-13-3-5-14(6-4-13)23-12-19-11-22-23;3-2(4,5)1(6)7/h3-8,11-12,15,20H,1-2,9-10H2,(H,21,24);(H,6,7). The fraction of sp³-hybridized carbons (Fsp3) is 0.300. The highest BCUT2D eigenvalue weighted by atomic mass is 32.1. The van der Waals surface area contributed by atoms with Crippen molar-refractivity contribution in [1.29, 1.82) is 0 Å². The van der Waals surface area contributed by atoms with Crippen molar-refractivity contribution >= 4 is 23.2 Å². The lowest BCUT2D eigenvalue weighted by Crippen LogP contribution is -2.21. The molecule has 1 fully saturated rings. The molecule has 3 aromatic rings. The number of carboxylic acids is 1. The molecule has 1 amide bonds. The highest BCUT2D eigenvalue weighted by Crippen LogP contribution is 2.29. The molecule has 3 heterocycles. The zero-order valence-corrected chi connectivity index (χ0v) is 17.5. The third kappa shape index (κ3) is 6.37. The van der Waals surface area contributed by atoms with E-state index in [-0.39, 0.29) is 5.91 Å². The molecule has 1 aliphatic rings. The van der Waals surface area contributed by atoms with E-state index in [1.165, 1.54) is 17.6 Å². The first-order valence-electron chi connectivity index (χ1n) is 9.59. The van der Waals surface area contributed by atoms with Crippen LogP contribution in [0.4, 0.5) is 13.2 Å². The molecule has 8 nitrogen and oxygen atoms in total. The SMILES string of the molecule is O=C(NCc1ccc(-n2cncn2)cc1)c1ccc(C2CCCN2)s1.O=C(O)C(F)(F)F. The largest absolute Gasteiger partial charge is 0.490 e. The number of hydrogen-bond donors (Lipinski definition) is 3. The van der Waals surface area contributed by atoms with Crippen LogP contribution in [0.2, 0.25) is 0 Å². The van der Waals surface area contributed by atoms with E-state index in [9.17, 15) is 18.0 Å². The van der Waals surface area contributed by atoms with Gasteiger partial charge in [0.2, 0.25) is 0 Å². The van der Waals surface area contributed by atoms with Gasteiger partial charge in [0.05, 0.1) is 10.6 Å². The number of thiophene rings is 1. The van der Waals surface area contributed by atoms with E-state index in [4.69, 9.17) is 9.90 Å². The summed E-state index contributed by atoms with van der Waals surface area (Å²) in [4.78, 5) is 27.2. The summed E-state index contributed by atoms with van der Waals surface area (Å²) in [7, 11) is 0. The number of nitrogens with zero attached hydrogens (tertiary/aromatic N) is 3. The predicted molar refractivity (Wildman–Crippen MR) is 111 cm³/mol. The molecule has 0 radical (unpaired) electrons. The van der Waals surface area contributed by atoms with Crippen molar-refractivity contribution < 1.29 is 27.9 Å². The molecule has 1 aliphatic heterocycles. The van der Waals surface area contributed by atoms with Gasteiger partial charge in [0, 0.05) is 17.5 Å². The zero-order valence-electron chi connectivity index (χ0n) is 16.7. The molecule has 2 aromatic heterocycles. The van der Waals surface area contributed by atoms with Crippen LogP contribution in [0.3, 0.4) is 0 Å². The number of alkyl halides is 3. The van der Waals surface area contributed by atoms with Gasteiger partial charge in [-0.05, 0) is 49.2 Å². The Kier molecular flexibility index (Phi) is 7.59. The Hall–Kier alpha value is -3.25. The topological polar surface area (TPSA) is 109 Å². The number of rotatable bonds is 5. The number of carboxylic acid groups (broad SMARTS) is 1. The number of aliphatic carboxylic acids is 1.